The molecule has 0 saturated heterocycles. The molecule has 3 rings (SSSR count). The van der Waals surface area contributed by atoms with Crippen LogP contribution in [-0.2, 0) is 6.18 Å². The quantitative estimate of drug-likeness (QED) is 0.625. The van der Waals surface area contributed by atoms with E-state index in [1.54, 1.807) is 24.4 Å². The summed E-state index contributed by atoms with van der Waals surface area (Å²) in [5.41, 5.74) is 0.00383. The van der Waals surface area contributed by atoms with Crippen LogP contribution in [0, 0.1) is 0 Å². The third-order valence-electron chi connectivity index (χ3n) is 3.82. The average molecular weight is 364 g/mol. The molecule has 0 fully saturated rings. The molecule has 2 heterocycles. The van der Waals surface area contributed by atoms with Gasteiger partial charge in [-0.1, -0.05) is 6.07 Å². The fourth-order valence-corrected chi connectivity index (χ4v) is 2.57. The Labute approximate surface area is 149 Å². The number of pyridine rings is 1. The summed E-state index contributed by atoms with van der Waals surface area (Å²) >= 11 is 0. The van der Waals surface area contributed by atoms with E-state index in [2.05, 4.69) is 10.1 Å². The van der Waals surface area contributed by atoms with Gasteiger partial charge in [-0.05, 0) is 50.8 Å². The van der Waals surface area contributed by atoms with Gasteiger partial charge < -0.3 is 9.64 Å². The third-order valence-corrected chi connectivity index (χ3v) is 3.82. The Balaban J connectivity index is 1.94. The van der Waals surface area contributed by atoms with Crippen LogP contribution in [0.25, 0.3) is 16.7 Å². The van der Waals surface area contributed by atoms with Gasteiger partial charge in [0.1, 0.15) is 0 Å². The van der Waals surface area contributed by atoms with Gasteiger partial charge in [-0.15, -0.1) is 5.10 Å². The van der Waals surface area contributed by atoms with Crippen molar-refractivity contribution < 1.29 is 17.9 Å². The van der Waals surface area contributed by atoms with Crippen molar-refractivity contribution >= 4 is 11.0 Å². The van der Waals surface area contributed by atoms with Crippen molar-refractivity contribution in [3.05, 3.63) is 48.2 Å². The van der Waals surface area contributed by atoms with E-state index in [0.717, 1.165) is 25.1 Å². The van der Waals surface area contributed by atoms with Gasteiger partial charge in [-0.3, -0.25) is 0 Å². The number of ether oxygens (including phenoxy) is 1. The van der Waals surface area contributed by atoms with Gasteiger partial charge in [-0.2, -0.15) is 13.2 Å². The number of benzene rings is 1. The Hall–Kier alpha value is -2.61. The monoisotopic (exact) mass is 364 g/mol. The van der Waals surface area contributed by atoms with E-state index in [-0.39, 0.29) is 5.69 Å². The second-order valence-electron chi connectivity index (χ2n) is 6.14. The lowest BCUT2D eigenvalue weighted by Gasteiger charge is -2.09. The molecule has 138 valence electrons. The summed E-state index contributed by atoms with van der Waals surface area (Å²) in [6.45, 7) is 1.33. The summed E-state index contributed by atoms with van der Waals surface area (Å²) in [5, 5.41) is 5.01. The number of rotatable bonds is 6. The summed E-state index contributed by atoms with van der Waals surface area (Å²) in [6, 6.07) is 8.53. The highest BCUT2D eigenvalue weighted by Crippen LogP contribution is 2.32. The molecule has 0 atom stereocenters. The molecular formula is C18H19F3N4O. The summed E-state index contributed by atoms with van der Waals surface area (Å²) in [6.07, 6.45) is -2.03. The molecule has 1 aromatic carbocycles. The normalized spacial score (nSPS) is 12.1. The zero-order valence-corrected chi connectivity index (χ0v) is 14.5. The predicted octanol–water partition coefficient (Wildman–Crippen LogP) is 3.77. The molecule has 8 heteroatoms. The molecule has 5 nitrogen and oxygen atoms in total. The molecule has 0 radical (unpaired) electrons. The van der Waals surface area contributed by atoms with Crippen molar-refractivity contribution in [1.29, 1.82) is 0 Å². The van der Waals surface area contributed by atoms with E-state index >= 15 is 0 Å². The van der Waals surface area contributed by atoms with Crippen molar-refractivity contribution in [2.24, 2.45) is 0 Å². The maximum Gasteiger partial charge on any atom is 0.416 e. The zero-order chi connectivity index (χ0) is 18.7. The van der Waals surface area contributed by atoms with Crippen molar-refractivity contribution in [2.45, 2.75) is 12.6 Å². The van der Waals surface area contributed by atoms with E-state index < -0.39 is 11.7 Å². The van der Waals surface area contributed by atoms with Crippen molar-refractivity contribution in [3.63, 3.8) is 0 Å². The van der Waals surface area contributed by atoms with Gasteiger partial charge >= 0.3 is 6.18 Å². The molecule has 0 bridgehead atoms. The summed E-state index contributed by atoms with van der Waals surface area (Å²) in [7, 11) is 3.95. The highest BCUT2D eigenvalue weighted by atomic mass is 19.4. The van der Waals surface area contributed by atoms with Crippen LogP contribution in [-0.4, -0.2) is 46.9 Å². The van der Waals surface area contributed by atoms with Gasteiger partial charge in [0.25, 0.3) is 0 Å². The molecule has 0 spiro atoms. The van der Waals surface area contributed by atoms with Crippen LogP contribution in [0.5, 0.6) is 5.88 Å². The number of halogens is 3. The van der Waals surface area contributed by atoms with E-state index in [1.807, 2.05) is 19.0 Å². The largest absolute Gasteiger partial charge is 0.476 e. The molecule has 0 aliphatic rings. The maximum absolute atomic E-state index is 13.0. The van der Waals surface area contributed by atoms with Gasteiger partial charge in [0.05, 0.1) is 23.2 Å². The molecule has 2 aromatic heterocycles. The van der Waals surface area contributed by atoms with Gasteiger partial charge in [0, 0.05) is 12.7 Å². The minimum absolute atomic E-state index is 0.284. The topological polar surface area (TPSA) is 43.2 Å². The van der Waals surface area contributed by atoms with Gasteiger partial charge in [0.2, 0.25) is 5.88 Å². The van der Waals surface area contributed by atoms with Crippen LogP contribution < -0.4 is 4.74 Å². The average Bonchev–Trinajstić information content (AvgIpc) is 2.97. The smallest absolute Gasteiger partial charge is 0.416 e. The third kappa shape index (κ3) is 3.96. The van der Waals surface area contributed by atoms with Crippen LogP contribution in [0.1, 0.15) is 12.0 Å². The first-order valence-corrected chi connectivity index (χ1v) is 8.15. The fraction of sp³-hybridized carbons (Fsp3) is 0.333. The molecule has 3 aromatic rings. The van der Waals surface area contributed by atoms with Crippen molar-refractivity contribution in [3.8, 4) is 11.6 Å². The Morgan fingerprint density at radius 1 is 1.15 bits per heavy atom. The van der Waals surface area contributed by atoms with Crippen molar-refractivity contribution in [1.82, 2.24) is 19.7 Å². The highest BCUT2D eigenvalue weighted by molar-refractivity contribution is 5.82. The first-order chi connectivity index (χ1) is 12.4. The molecule has 0 saturated carbocycles. The molecule has 0 unspecified atom stereocenters. The fourth-order valence-electron chi connectivity index (χ4n) is 2.57. The van der Waals surface area contributed by atoms with Crippen LogP contribution in [0.4, 0.5) is 13.2 Å². The second kappa shape index (κ2) is 7.33. The number of nitrogens with zero attached hydrogens (tertiary/aromatic N) is 4. The lowest BCUT2D eigenvalue weighted by Crippen LogP contribution is -2.15. The zero-order valence-electron chi connectivity index (χ0n) is 14.5. The van der Waals surface area contributed by atoms with E-state index in [0.29, 0.717) is 23.5 Å². The lowest BCUT2D eigenvalue weighted by atomic mass is 10.2. The standard InChI is InChI=1S/C18H19F3N4O/c1-24(2)10-5-11-26-17-15-8-4-9-22-16(15)25(23-17)14-7-3-6-13(12-14)18(19,20)21/h3-4,6-9,12H,5,10-11H2,1-2H3. The van der Waals surface area contributed by atoms with E-state index in [9.17, 15) is 13.2 Å². The van der Waals surface area contributed by atoms with Crippen LogP contribution in [0.3, 0.4) is 0 Å². The minimum Gasteiger partial charge on any atom is -0.476 e. The first-order valence-electron chi connectivity index (χ1n) is 8.15. The Kier molecular flexibility index (Phi) is 5.13. The highest BCUT2D eigenvalue weighted by Gasteiger charge is 2.30. The lowest BCUT2D eigenvalue weighted by molar-refractivity contribution is -0.137. The minimum atomic E-state index is -4.42. The number of alkyl halides is 3. The number of fused-ring (bicyclic) bond motifs is 1. The maximum atomic E-state index is 13.0. The summed E-state index contributed by atoms with van der Waals surface area (Å²) < 4.78 is 46.1. The number of hydrogen-bond acceptors (Lipinski definition) is 4. The molecule has 0 N–H and O–H groups in total. The van der Waals surface area contributed by atoms with E-state index in [4.69, 9.17) is 4.74 Å². The summed E-state index contributed by atoms with van der Waals surface area (Å²) in [4.78, 5) is 6.30. The second-order valence-corrected chi connectivity index (χ2v) is 6.14. The molecular weight excluding hydrogens is 345 g/mol. The van der Waals surface area contributed by atoms with Crippen LogP contribution in [0.15, 0.2) is 42.6 Å². The van der Waals surface area contributed by atoms with Crippen molar-refractivity contribution in [2.75, 3.05) is 27.2 Å². The SMILES string of the molecule is CN(C)CCCOc1nn(-c2cccc(C(F)(F)F)c2)c2ncccc12. The van der Waals surface area contributed by atoms with Crippen LogP contribution >= 0.6 is 0 Å². The number of hydrogen-bond donors (Lipinski definition) is 0. The molecule has 0 aliphatic carbocycles. The Morgan fingerprint density at radius 3 is 2.69 bits per heavy atom. The molecule has 0 aliphatic heterocycles. The van der Waals surface area contributed by atoms with Crippen LogP contribution in [0.2, 0.25) is 0 Å². The molecule has 0 amide bonds. The predicted molar refractivity (Wildman–Crippen MR) is 92.5 cm³/mol. The Morgan fingerprint density at radius 2 is 1.96 bits per heavy atom. The van der Waals surface area contributed by atoms with Gasteiger partial charge in [-0.25, -0.2) is 9.67 Å². The van der Waals surface area contributed by atoms with E-state index in [1.165, 1.54) is 10.7 Å². The van der Waals surface area contributed by atoms with Gasteiger partial charge in [0.15, 0.2) is 5.65 Å². The number of aromatic nitrogens is 3. The first kappa shape index (κ1) is 18.2. The summed E-state index contributed by atoms with van der Waals surface area (Å²) in [5.74, 6) is 0.365. The Bertz CT molecular complexity index is 890. The molecule has 26 heavy (non-hydrogen) atoms.